The minimum Gasteiger partial charge on any atom is -0.460 e. The van der Waals surface area contributed by atoms with Crippen molar-refractivity contribution in [2.24, 2.45) is 13.0 Å². The predicted octanol–water partition coefficient (Wildman–Crippen LogP) is 5.68. The first kappa shape index (κ1) is 30.8. The van der Waals surface area contributed by atoms with Crippen LogP contribution >= 0.6 is 0 Å². The first-order valence-corrected chi connectivity index (χ1v) is 18.5. The second-order valence-corrected chi connectivity index (χ2v) is 19.3. The highest BCUT2D eigenvalue weighted by Crippen LogP contribution is 2.33. The summed E-state index contributed by atoms with van der Waals surface area (Å²) in [5.41, 5.74) is 2.52. The lowest BCUT2D eigenvalue weighted by atomic mass is 9.78. The van der Waals surface area contributed by atoms with Gasteiger partial charge in [0.15, 0.2) is 5.65 Å². The van der Waals surface area contributed by atoms with Crippen LogP contribution in [-0.4, -0.2) is 62.5 Å². The number of nitrogens with zero attached hydrogens (tertiary/aromatic N) is 5. The van der Waals surface area contributed by atoms with E-state index in [0.717, 1.165) is 11.4 Å². The van der Waals surface area contributed by atoms with Gasteiger partial charge in [0.25, 0.3) is 5.91 Å². The molecule has 1 aliphatic carbocycles. The zero-order valence-electron chi connectivity index (χ0n) is 26.0. The van der Waals surface area contributed by atoms with Gasteiger partial charge in [-0.1, -0.05) is 19.6 Å². The molecule has 1 N–H and O–H groups in total. The molecule has 1 fully saturated rings. The predicted molar refractivity (Wildman–Crippen MR) is 166 cm³/mol. The van der Waals surface area contributed by atoms with E-state index in [2.05, 4.69) is 35.0 Å². The van der Waals surface area contributed by atoms with Crippen LogP contribution in [0.15, 0.2) is 30.6 Å². The fourth-order valence-electron chi connectivity index (χ4n) is 5.29. The molecule has 1 saturated carbocycles. The summed E-state index contributed by atoms with van der Waals surface area (Å²) >= 11 is 0. The third-order valence-electron chi connectivity index (χ3n) is 7.54. The highest BCUT2D eigenvalue weighted by Gasteiger charge is 2.34. The highest BCUT2D eigenvalue weighted by atomic mass is 28.3. The van der Waals surface area contributed by atoms with Gasteiger partial charge in [0, 0.05) is 45.8 Å². The Morgan fingerprint density at radius 1 is 1.19 bits per heavy atom. The zero-order chi connectivity index (χ0) is 31.1. The van der Waals surface area contributed by atoms with Gasteiger partial charge in [-0.25, -0.2) is 14.4 Å². The number of aryl methyl sites for hydroxylation is 1. The molecule has 0 aliphatic heterocycles. The van der Waals surface area contributed by atoms with Gasteiger partial charge in [0.1, 0.15) is 35.1 Å². The standard InChI is InChI=1S/C31H41FN6O4Si/c1-31(2,3)42-26(39)14-19-12-21(13-19)34-30(40)23-17-38(18-41-10-11-43(5,6)7)29-28(23)35-24(16-33-29)27-22-9-8-20(32)15-25(22)37(4)36-27/h8-9,15-17,19,21H,10-14,18H2,1-7H3,(H,34,40). The van der Waals surface area contributed by atoms with Gasteiger partial charge in [-0.15, -0.1) is 0 Å². The molecular formula is C31H41FN6O4Si. The third-order valence-corrected chi connectivity index (χ3v) is 9.24. The van der Waals surface area contributed by atoms with Crippen LogP contribution in [0.25, 0.3) is 33.5 Å². The topological polar surface area (TPSA) is 113 Å². The van der Waals surface area contributed by atoms with Crippen LogP contribution in [0.2, 0.25) is 25.7 Å². The van der Waals surface area contributed by atoms with E-state index in [1.165, 1.54) is 12.1 Å². The molecule has 1 aliphatic rings. The number of carbonyl (C=O) groups excluding carboxylic acids is 2. The molecule has 43 heavy (non-hydrogen) atoms. The number of benzene rings is 1. The molecule has 3 heterocycles. The Labute approximate surface area is 252 Å². The maximum absolute atomic E-state index is 13.9. The largest absolute Gasteiger partial charge is 0.460 e. The van der Waals surface area contributed by atoms with E-state index >= 15 is 0 Å². The number of ether oxygens (including phenoxy) is 2. The maximum atomic E-state index is 13.9. The van der Waals surface area contributed by atoms with Gasteiger partial charge in [0.2, 0.25) is 0 Å². The normalized spacial score (nSPS) is 17.3. The van der Waals surface area contributed by atoms with Gasteiger partial charge in [-0.2, -0.15) is 5.10 Å². The Morgan fingerprint density at radius 3 is 2.63 bits per heavy atom. The Kier molecular flexibility index (Phi) is 8.45. The van der Waals surface area contributed by atoms with Crippen molar-refractivity contribution in [3.05, 3.63) is 42.0 Å². The smallest absolute Gasteiger partial charge is 0.306 e. The van der Waals surface area contributed by atoms with Crippen molar-refractivity contribution in [3.8, 4) is 11.4 Å². The van der Waals surface area contributed by atoms with Crippen LogP contribution in [0.3, 0.4) is 0 Å². The van der Waals surface area contributed by atoms with E-state index in [0.29, 0.717) is 59.5 Å². The molecule has 1 aromatic carbocycles. The van der Waals surface area contributed by atoms with E-state index in [1.807, 2.05) is 25.3 Å². The zero-order valence-corrected chi connectivity index (χ0v) is 27.0. The number of hydrogen-bond donors (Lipinski definition) is 1. The number of carbonyl (C=O) groups is 2. The molecular weight excluding hydrogens is 567 g/mol. The van der Waals surface area contributed by atoms with Crippen LogP contribution in [0, 0.1) is 11.7 Å². The number of aromatic nitrogens is 5. The number of esters is 1. The SMILES string of the molecule is Cn1nc(-c2cnc3c(n2)c(C(=O)NC2CC(CC(=O)OC(C)(C)C)C2)cn3COCC[Si](C)(C)C)c2ccc(F)cc21. The Balaban J connectivity index is 1.38. The molecule has 0 bridgehead atoms. The summed E-state index contributed by atoms with van der Waals surface area (Å²) in [6, 6.07) is 5.47. The van der Waals surface area contributed by atoms with Crippen molar-refractivity contribution in [2.45, 2.75) is 84.1 Å². The number of amides is 1. The van der Waals surface area contributed by atoms with Gasteiger partial charge in [-0.05, 0) is 63.8 Å². The highest BCUT2D eigenvalue weighted by molar-refractivity contribution is 6.76. The molecule has 5 rings (SSSR count). The van der Waals surface area contributed by atoms with Crippen LogP contribution in [-0.2, 0) is 28.0 Å². The Hall–Kier alpha value is -3.64. The molecule has 0 radical (unpaired) electrons. The van der Waals surface area contributed by atoms with Crippen molar-refractivity contribution in [1.29, 1.82) is 0 Å². The summed E-state index contributed by atoms with van der Waals surface area (Å²) in [5.74, 6) is -0.647. The van der Waals surface area contributed by atoms with Gasteiger partial charge in [0.05, 0.1) is 17.3 Å². The lowest BCUT2D eigenvalue weighted by Crippen LogP contribution is -2.45. The molecule has 0 saturated heterocycles. The molecule has 0 spiro atoms. The van der Waals surface area contributed by atoms with Gasteiger partial charge >= 0.3 is 5.97 Å². The number of hydrogen-bond acceptors (Lipinski definition) is 7. The second kappa shape index (κ2) is 11.8. The van der Waals surface area contributed by atoms with E-state index in [1.54, 1.807) is 30.2 Å². The van der Waals surface area contributed by atoms with Crippen LogP contribution in [0.1, 0.15) is 50.4 Å². The summed E-state index contributed by atoms with van der Waals surface area (Å²) < 4.78 is 28.8. The average molecular weight is 609 g/mol. The number of halogens is 1. The minimum atomic E-state index is -1.26. The Bertz CT molecular complexity index is 1660. The van der Waals surface area contributed by atoms with E-state index in [9.17, 15) is 14.0 Å². The molecule has 4 aromatic rings. The van der Waals surface area contributed by atoms with E-state index in [-0.39, 0.29) is 36.4 Å². The fourth-order valence-corrected chi connectivity index (χ4v) is 6.05. The average Bonchev–Trinajstić information content (AvgIpc) is 3.40. The number of rotatable bonds is 10. The number of fused-ring (bicyclic) bond motifs is 2. The third kappa shape index (κ3) is 7.30. The van der Waals surface area contributed by atoms with Crippen LogP contribution < -0.4 is 5.32 Å². The lowest BCUT2D eigenvalue weighted by Gasteiger charge is -2.35. The van der Waals surface area contributed by atoms with Crippen LogP contribution in [0.5, 0.6) is 0 Å². The van der Waals surface area contributed by atoms with Gasteiger partial charge in [-0.3, -0.25) is 14.3 Å². The van der Waals surface area contributed by atoms with Crippen LogP contribution in [0.4, 0.5) is 4.39 Å². The van der Waals surface area contributed by atoms with E-state index in [4.69, 9.17) is 14.5 Å². The Morgan fingerprint density at radius 2 is 1.93 bits per heavy atom. The molecule has 0 unspecified atom stereocenters. The molecule has 1 amide bonds. The minimum absolute atomic E-state index is 0.0443. The quantitative estimate of drug-likeness (QED) is 0.140. The van der Waals surface area contributed by atoms with Crippen molar-refractivity contribution < 1.29 is 23.5 Å². The monoisotopic (exact) mass is 608 g/mol. The summed E-state index contributed by atoms with van der Waals surface area (Å²) in [6.07, 6.45) is 5.12. The first-order valence-electron chi connectivity index (χ1n) is 14.8. The summed E-state index contributed by atoms with van der Waals surface area (Å²) in [5, 5.41) is 8.43. The molecule has 230 valence electrons. The fraction of sp³-hybridized carbons (Fsp3) is 0.516. The van der Waals surface area contributed by atoms with Gasteiger partial charge < -0.3 is 19.4 Å². The van der Waals surface area contributed by atoms with Crippen molar-refractivity contribution in [3.63, 3.8) is 0 Å². The second-order valence-electron chi connectivity index (χ2n) is 13.7. The van der Waals surface area contributed by atoms with Crippen molar-refractivity contribution in [2.75, 3.05) is 6.61 Å². The number of nitrogens with one attached hydrogen (secondary N) is 1. The molecule has 0 atom stereocenters. The van der Waals surface area contributed by atoms with E-state index < -0.39 is 13.7 Å². The lowest BCUT2D eigenvalue weighted by molar-refractivity contribution is -0.156. The molecule has 3 aromatic heterocycles. The van der Waals surface area contributed by atoms with Crippen molar-refractivity contribution >= 4 is 42.0 Å². The molecule has 12 heteroatoms. The summed E-state index contributed by atoms with van der Waals surface area (Å²) in [4.78, 5) is 35.3. The molecule has 10 nitrogen and oxygen atoms in total. The maximum Gasteiger partial charge on any atom is 0.306 e. The summed E-state index contributed by atoms with van der Waals surface area (Å²) in [6.45, 7) is 13.3. The first-order chi connectivity index (χ1) is 20.2. The van der Waals surface area contributed by atoms with Crippen molar-refractivity contribution in [1.82, 2.24) is 29.6 Å². The summed E-state index contributed by atoms with van der Waals surface area (Å²) in [7, 11) is 0.486.